The molecule has 0 aliphatic carbocycles. The maximum absolute atomic E-state index is 12.5. The number of nitrogens with zero attached hydrogens (tertiary/aromatic N) is 1. The number of ether oxygens (including phenoxy) is 3. The molecule has 3 rings (SSSR count). The molecule has 2 saturated heterocycles. The van der Waals surface area contributed by atoms with Crippen LogP contribution in [-0.4, -0.2) is 63.0 Å². The van der Waals surface area contributed by atoms with E-state index in [1.54, 1.807) is 14.2 Å². The van der Waals surface area contributed by atoms with Crippen LogP contribution < -0.4 is 10.1 Å². The first-order valence-electron chi connectivity index (χ1n) is 8.90. The average Bonchev–Trinajstić information content (AvgIpc) is 3.04. The van der Waals surface area contributed by atoms with Crippen molar-refractivity contribution < 1.29 is 19.0 Å². The Kier molecular flexibility index (Phi) is 5.61. The summed E-state index contributed by atoms with van der Waals surface area (Å²) in [6, 6.07) is 5.76. The second kappa shape index (κ2) is 7.72. The molecule has 2 aliphatic heterocycles. The SMILES string of the molecule is COc1ccc(C)cc1NC(=O)CN1CC[C@@H](OC)[C@]2(CCCO2)C1. The standard InChI is InChI=1S/C19H28N2O4/c1-14-5-6-16(23-2)15(11-14)20-18(22)12-21-9-7-17(24-3)19(13-21)8-4-10-25-19/h5-6,11,17H,4,7-10,12-13H2,1-3H3,(H,20,22)/t17-,19+/m1/s1. The van der Waals surface area contributed by atoms with Crippen LogP contribution in [0.5, 0.6) is 5.75 Å². The van der Waals surface area contributed by atoms with Gasteiger partial charge >= 0.3 is 0 Å². The molecule has 0 aromatic heterocycles. The Labute approximate surface area is 149 Å². The summed E-state index contributed by atoms with van der Waals surface area (Å²) in [6.45, 7) is 4.69. The zero-order valence-corrected chi connectivity index (χ0v) is 15.3. The Bertz CT molecular complexity index is 613. The maximum Gasteiger partial charge on any atom is 0.238 e. The highest BCUT2D eigenvalue weighted by Gasteiger charge is 2.47. The van der Waals surface area contributed by atoms with E-state index in [9.17, 15) is 4.79 Å². The Balaban J connectivity index is 1.63. The fourth-order valence-corrected chi connectivity index (χ4v) is 4.00. The summed E-state index contributed by atoms with van der Waals surface area (Å²) in [5.41, 5.74) is 1.54. The van der Waals surface area contributed by atoms with E-state index < -0.39 is 0 Å². The van der Waals surface area contributed by atoms with Gasteiger partial charge in [-0.05, 0) is 43.9 Å². The lowest BCUT2D eigenvalue weighted by atomic mass is 9.87. The molecule has 0 unspecified atom stereocenters. The Morgan fingerprint density at radius 2 is 2.28 bits per heavy atom. The third-order valence-electron chi connectivity index (χ3n) is 5.20. The number of benzene rings is 1. The quantitative estimate of drug-likeness (QED) is 0.884. The van der Waals surface area contributed by atoms with Crippen molar-refractivity contribution in [2.45, 2.75) is 37.9 Å². The molecule has 6 nitrogen and oxygen atoms in total. The number of likely N-dealkylation sites (tertiary alicyclic amines) is 1. The summed E-state index contributed by atoms with van der Waals surface area (Å²) in [5.74, 6) is 0.639. The van der Waals surface area contributed by atoms with Gasteiger partial charge in [-0.15, -0.1) is 0 Å². The number of anilines is 1. The number of methoxy groups -OCH3 is 2. The number of rotatable bonds is 5. The van der Waals surface area contributed by atoms with Gasteiger partial charge in [0.25, 0.3) is 0 Å². The molecule has 138 valence electrons. The minimum atomic E-state index is -0.256. The number of aryl methyl sites for hydroxylation is 1. The van der Waals surface area contributed by atoms with Crippen LogP contribution >= 0.6 is 0 Å². The van der Waals surface area contributed by atoms with Crippen LogP contribution in [0.2, 0.25) is 0 Å². The molecule has 1 aromatic rings. The van der Waals surface area contributed by atoms with Gasteiger partial charge in [-0.2, -0.15) is 0 Å². The van der Waals surface area contributed by atoms with Crippen molar-refractivity contribution in [3.63, 3.8) is 0 Å². The summed E-state index contributed by atoms with van der Waals surface area (Å²) < 4.78 is 17.0. The van der Waals surface area contributed by atoms with Gasteiger partial charge in [0.05, 0.1) is 25.4 Å². The van der Waals surface area contributed by atoms with Crippen LogP contribution in [0.25, 0.3) is 0 Å². The third kappa shape index (κ3) is 3.97. The molecular weight excluding hydrogens is 320 g/mol. The van der Waals surface area contributed by atoms with Gasteiger partial charge in [-0.25, -0.2) is 0 Å². The number of hydrogen-bond acceptors (Lipinski definition) is 5. The summed E-state index contributed by atoms with van der Waals surface area (Å²) in [4.78, 5) is 14.7. The highest BCUT2D eigenvalue weighted by Crippen LogP contribution is 2.36. The Morgan fingerprint density at radius 1 is 1.44 bits per heavy atom. The summed E-state index contributed by atoms with van der Waals surface area (Å²) >= 11 is 0. The zero-order chi connectivity index (χ0) is 17.9. The van der Waals surface area contributed by atoms with Crippen LogP contribution in [0.1, 0.15) is 24.8 Å². The van der Waals surface area contributed by atoms with Gasteiger partial charge in [0.15, 0.2) is 0 Å². The van der Waals surface area contributed by atoms with E-state index in [1.807, 2.05) is 25.1 Å². The molecule has 1 N–H and O–H groups in total. The van der Waals surface area contributed by atoms with Crippen LogP contribution in [0.3, 0.4) is 0 Å². The van der Waals surface area contributed by atoms with Crippen LogP contribution in [0.4, 0.5) is 5.69 Å². The largest absolute Gasteiger partial charge is 0.495 e. The van der Waals surface area contributed by atoms with E-state index in [0.29, 0.717) is 18.0 Å². The normalized spacial score (nSPS) is 26.8. The minimum absolute atomic E-state index is 0.0343. The lowest BCUT2D eigenvalue weighted by molar-refractivity contribution is -0.146. The molecule has 1 amide bonds. The predicted molar refractivity (Wildman–Crippen MR) is 96.1 cm³/mol. The van der Waals surface area contributed by atoms with Crippen molar-refractivity contribution >= 4 is 11.6 Å². The van der Waals surface area contributed by atoms with Crippen molar-refractivity contribution in [3.8, 4) is 5.75 Å². The van der Waals surface area contributed by atoms with Crippen molar-refractivity contribution in [2.75, 3.05) is 45.8 Å². The lowest BCUT2D eigenvalue weighted by Gasteiger charge is -2.44. The fraction of sp³-hybridized carbons (Fsp3) is 0.632. The maximum atomic E-state index is 12.5. The second-order valence-electron chi connectivity index (χ2n) is 6.99. The molecule has 2 fully saturated rings. The molecule has 0 saturated carbocycles. The first kappa shape index (κ1) is 18.2. The zero-order valence-electron chi connectivity index (χ0n) is 15.3. The van der Waals surface area contributed by atoms with Gasteiger partial charge in [-0.3, -0.25) is 9.69 Å². The number of amides is 1. The van der Waals surface area contributed by atoms with Gasteiger partial charge in [0.2, 0.25) is 5.91 Å². The van der Waals surface area contributed by atoms with E-state index in [0.717, 1.165) is 44.5 Å². The van der Waals surface area contributed by atoms with Gasteiger partial charge in [0, 0.05) is 26.8 Å². The first-order valence-corrected chi connectivity index (χ1v) is 8.90. The van der Waals surface area contributed by atoms with Crippen LogP contribution in [-0.2, 0) is 14.3 Å². The van der Waals surface area contributed by atoms with Crippen LogP contribution in [0.15, 0.2) is 18.2 Å². The lowest BCUT2D eigenvalue weighted by Crippen LogP contribution is -2.58. The van der Waals surface area contributed by atoms with Crippen molar-refractivity contribution in [1.29, 1.82) is 0 Å². The Hall–Kier alpha value is -1.63. The van der Waals surface area contributed by atoms with E-state index >= 15 is 0 Å². The molecule has 2 atom stereocenters. The molecule has 0 radical (unpaired) electrons. The third-order valence-corrected chi connectivity index (χ3v) is 5.20. The number of carbonyl (C=O) groups is 1. The number of piperidine rings is 1. The van der Waals surface area contributed by atoms with Crippen molar-refractivity contribution in [2.24, 2.45) is 0 Å². The van der Waals surface area contributed by atoms with Crippen molar-refractivity contribution in [1.82, 2.24) is 4.90 Å². The average molecular weight is 348 g/mol. The predicted octanol–water partition coefficient (Wildman–Crippen LogP) is 2.21. The first-order chi connectivity index (χ1) is 12.1. The fourth-order valence-electron chi connectivity index (χ4n) is 4.00. The Morgan fingerprint density at radius 3 is 2.96 bits per heavy atom. The van der Waals surface area contributed by atoms with E-state index in [-0.39, 0.29) is 17.6 Å². The second-order valence-corrected chi connectivity index (χ2v) is 6.99. The molecular formula is C19H28N2O4. The van der Waals surface area contributed by atoms with Crippen molar-refractivity contribution in [3.05, 3.63) is 23.8 Å². The molecule has 0 bridgehead atoms. The number of nitrogens with one attached hydrogen (secondary N) is 1. The summed E-state index contributed by atoms with van der Waals surface area (Å²) in [7, 11) is 3.36. The highest BCUT2D eigenvalue weighted by atomic mass is 16.6. The summed E-state index contributed by atoms with van der Waals surface area (Å²) in [5, 5.41) is 2.98. The molecule has 25 heavy (non-hydrogen) atoms. The van der Waals surface area contributed by atoms with Gasteiger partial charge < -0.3 is 19.5 Å². The molecule has 1 spiro atoms. The summed E-state index contributed by atoms with van der Waals surface area (Å²) in [6.07, 6.45) is 3.05. The molecule has 1 aromatic carbocycles. The number of carbonyl (C=O) groups excluding carboxylic acids is 1. The molecule has 6 heteroatoms. The minimum Gasteiger partial charge on any atom is -0.495 e. The van der Waals surface area contributed by atoms with Gasteiger partial charge in [0.1, 0.15) is 11.4 Å². The van der Waals surface area contributed by atoms with E-state index in [4.69, 9.17) is 14.2 Å². The van der Waals surface area contributed by atoms with Gasteiger partial charge in [-0.1, -0.05) is 6.07 Å². The smallest absolute Gasteiger partial charge is 0.238 e. The topological polar surface area (TPSA) is 60.0 Å². The number of hydrogen-bond donors (Lipinski definition) is 1. The molecule has 2 aliphatic rings. The van der Waals surface area contributed by atoms with E-state index in [1.165, 1.54) is 0 Å². The van der Waals surface area contributed by atoms with E-state index in [2.05, 4.69) is 10.2 Å². The van der Waals surface area contributed by atoms with Crippen LogP contribution in [0, 0.1) is 6.92 Å². The monoisotopic (exact) mass is 348 g/mol. The highest BCUT2D eigenvalue weighted by molar-refractivity contribution is 5.93. The molecule has 2 heterocycles.